The first-order valence-corrected chi connectivity index (χ1v) is 6.81. The highest BCUT2D eigenvalue weighted by Crippen LogP contribution is 2.23. The Morgan fingerprint density at radius 2 is 1.76 bits per heavy atom. The number of carbonyl (C=O) groups excluding carboxylic acids is 1. The monoisotopic (exact) mass is 286 g/mol. The molecule has 4 nitrogen and oxygen atoms in total. The fraction of sp³-hybridized carbons (Fsp3) is 0.235. The normalized spacial score (nSPS) is 11.9. The van der Waals surface area contributed by atoms with Crippen molar-refractivity contribution in [1.29, 1.82) is 0 Å². The van der Waals surface area contributed by atoms with E-state index in [0.29, 0.717) is 18.8 Å². The fourth-order valence-electron chi connectivity index (χ4n) is 1.92. The Kier molecular flexibility index (Phi) is 5.35. The lowest BCUT2D eigenvalue weighted by Crippen LogP contribution is -2.19. The van der Waals surface area contributed by atoms with E-state index < -0.39 is 12.1 Å². The van der Waals surface area contributed by atoms with Gasteiger partial charge in [-0.3, -0.25) is 0 Å². The third kappa shape index (κ3) is 4.33. The summed E-state index contributed by atoms with van der Waals surface area (Å²) in [5.41, 5.74) is 1.63. The van der Waals surface area contributed by atoms with Crippen molar-refractivity contribution in [2.75, 3.05) is 6.61 Å². The van der Waals surface area contributed by atoms with Gasteiger partial charge in [0.15, 0.2) is 6.10 Å². The highest BCUT2D eigenvalue weighted by molar-refractivity contribution is 5.76. The number of phenols is 1. The van der Waals surface area contributed by atoms with Crippen LogP contribution in [-0.2, 0) is 20.9 Å². The Hall–Kier alpha value is -2.33. The first-order chi connectivity index (χ1) is 10.2. The van der Waals surface area contributed by atoms with E-state index in [1.807, 2.05) is 30.3 Å². The number of benzene rings is 2. The summed E-state index contributed by atoms with van der Waals surface area (Å²) >= 11 is 0. The Labute approximate surface area is 123 Å². The number of aromatic hydroxyl groups is 1. The van der Waals surface area contributed by atoms with Crippen LogP contribution in [0.25, 0.3) is 0 Å². The van der Waals surface area contributed by atoms with Crippen LogP contribution in [0.3, 0.4) is 0 Å². The molecule has 2 aromatic carbocycles. The van der Waals surface area contributed by atoms with Gasteiger partial charge in [-0.25, -0.2) is 4.79 Å². The summed E-state index contributed by atoms with van der Waals surface area (Å²) in [7, 11) is 0. The molecule has 0 aliphatic carbocycles. The number of hydrogen-bond acceptors (Lipinski definition) is 4. The molecule has 0 aliphatic heterocycles. The maximum absolute atomic E-state index is 12.0. The van der Waals surface area contributed by atoms with Gasteiger partial charge in [0.05, 0.1) is 13.2 Å². The molecule has 2 aromatic rings. The number of hydrogen-bond donors (Lipinski definition) is 1. The number of esters is 1. The maximum atomic E-state index is 12.0. The molecule has 0 spiro atoms. The highest BCUT2D eigenvalue weighted by Gasteiger charge is 2.22. The zero-order valence-electron chi connectivity index (χ0n) is 11.9. The predicted molar refractivity (Wildman–Crippen MR) is 78.7 cm³/mol. The molecule has 0 aromatic heterocycles. The van der Waals surface area contributed by atoms with E-state index in [-0.39, 0.29) is 5.75 Å². The van der Waals surface area contributed by atoms with Crippen LogP contribution in [0, 0.1) is 0 Å². The molecule has 0 amide bonds. The van der Waals surface area contributed by atoms with Crippen LogP contribution in [0.15, 0.2) is 54.6 Å². The summed E-state index contributed by atoms with van der Waals surface area (Å²) in [6.07, 6.45) is -0.800. The molecule has 2 rings (SSSR count). The summed E-state index contributed by atoms with van der Waals surface area (Å²) in [5.74, 6) is -0.288. The molecule has 110 valence electrons. The lowest BCUT2D eigenvalue weighted by Gasteiger charge is -2.17. The quantitative estimate of drug-likeness (QED) is 0.828. The van der Waals surface area contributed by atoms with Gasteiger partial charge in [-0.1, -0.05) is 42.5 Å². The van der Waals surface area contributed by atoms with Crippen molar-refractivity contribution in [3.8, 4) is 5.75 Å². The second-order valence-electron chi connectivity index (χ2n) is 4.52. The summed E-state index contributed by atoms with van der Waals surface area (Å²) in [4.78, 5) is 12.0. The minimum absolute atomic E-state index is 0.143. The summed E-state index contributed by atoms with van der Waals surface area (Å²) in [5, 5.41) is 9.33. The van der Waals surface area contributed by atoms with E-state index in [9.17, 15) is 9.90 Å². The number of ether oxygens (including phenoxy) is 2. The average Bonchev–Trinajstić information content (AvgIpc) is 2.50. The van der Waals surface area contributed by atoms with Crippen molar-refractivity contribution in [2.24, 2.45) is 0 Å². The molecule has 0 bridgehead atoms. The molecule has 1 unspecified atom stereocenters. The molecule has 21 heavy (non-hydrogen) atoms. The van der Waals surface area contributed by atoms with Crippen LogP contribution in [0.1, 0.15) is 24.2 Å². The number of rotatable bonds is 6. The van der Waals surface area contributed by atoms with E-state index in [4.69, 9.17) is 9.47 Å². The van der Waals surface area contributed by atoms with Gasteiger partial charge in [-0.2, -0.15) is 0 Å². The third-order valence-corrected chi connectivity index (χ3v) is 2.96. The molecule has 0 radical (unpaired) electrons. The van der Waals surface area contributed by atoms with Gasteiger partial charge >= 0.3 is 5.97 Å². The van der Waals surface area contributed by atoms with Gasteiger partial charge in [0, 0.05) is 0 Å². The summed E-state index contributed by atoms with van der Waals surface area (Å²) in [6.45, 7) is 2.36. The van der Waals surface area contributed by atoms with Crippen molar-refractivity contribution >= 4 is 5.97 Å². The van der Waals surface area contributed by atoms with Crippen molar-refractivity contribution in [3.63, 3.8) is 0 Å². The van der Waals surface area contributed by atoms with Crippen LogP contribution in [0.4, 0.5) is 0 Å². The van der Waals surface area contributed by atoms with Gasteiger partial charge in [-0.05, 0) is 30.2 Å². The zero-order chi connectivity index (χ0) is 15.1. The maximum Gasteiger partial charge on any atom is 0.339 e. The number of phenolic OH excluding ortho intramolecular Hbond substituents is 1. The van der Waals surface area contributed by atoms with E-state index in [1.165, 1.54) is 12.1 Å². The van der Waals surface area contributed by atoms with Crippen molar-refractivity contribution in [2.45, 2.75) is 19.6 Å². The predicted octanol–water partition coefficient (Wildman–Crippen LogP) is 3.21. The Morgan fingerprint density at radius 1 is 1.10 bits per heavy atom. The van der Waals surface area contributed by atoms with Crippen LogP contribution in [0.5, 0.6) is 5.75 Å². The molecule has 0 aliphatic rings. The molecular formula is C17H18O4. The Morgan fingerprint density at radius 3 is 2.38 bits per heavy atom. The van der Waals surface area contributed by atoms with Gasteiger partial charge in [0.25, 0.3) is 0 Å². The van der Waals surface area contributed by atoms with E-state index in [1.54, 1.807) is 19.1 Å². The van der Waals surface area contributed by atoms with Gasteiger partial charge in [0.2, 0.25) is 0 Å². The van der Waals surface area contributed by atoms with Crippen LogP contribution in [0.2, 0.25) is 0 Å². The molecule has 0 heterocycles. The molecule has 1 atom stereocenters. The molecule has 4 heteroatoms. The molecule has 1 N–H and O–H groups in total. The summed E-state index contributed by atoms with van der Waals surface area (Å²) < 4.78 is 10.8. The second-order valence-corrected chi connectivity index (χ2v) is 4.52. The molecule has 0 saturated carbocycles. The van der Waals surface area contributed by atoms with Crippen LogP contribution in [-0.4, -0.2) is 17.7 Å². The average molecular weight is 286 g/mol. The van der Waals surface area contributed by atoms with Crippen molar-refractivity contribution in [1.82, 2.24) is 0 Å². The summed E-state index contributed by atoms with van der Waals surface area (Å²) in [6, 6.07) is 16.0. The first-order valence-electron chi connectivity index (χ1n) is 6.81. The van der Waals surface area contributed by atoms with E-state index in [0.717, 1.165) is 5.56 Å². The van der Waals surface area contributed by atoms with Gasteiger partial charge < -0.3 is 14.6 Å². The van der Waals surface area contributed by atoms with Crippen molar-refractivity contribution in [3.05, 3.63) is 65.7 Å². The largest absolute Gasteiger partial charge is 0.508 e. The smallest absolute Gasteiger partial charge is 0.339 e. The van der Waals surface area contributed by atoms with E-state index >= 15 is 0 Å². The zero-order valence-corrected chi connectivity index (χ0v) is 11.9. The minimum atomic E-state index is -0.800. The lowest BCUT2D eigenvalue weighted by molar-refractivity contribution is -0.158. The molecular weight excluding hydrogens is 268 g/mol. The fourth-order valence-corrected chi connectivity index (χ4v) is 1.92. The Bertz CT molecular complexity index is 563. The van der Waals surface area contributed by atoms with Crippen LogP contribution < -0.4 is 0 Å². The van der Waals surface area contributed by atoms with Crippen LogP contribution >= 0.6 is 0 Å². The molecule has 0 saturated heterocycles. The highest BCUT2D eigenvalue weighted by atomic mass is 16.6. The van der Waals surface area contributed by atoms with Gasteiger partial charge in [-0.15, -0.1) is 0 Å². The van der Waals surface area contributed by atoms with Crippen molar-refractivity contribution < 1.29 is 19.4 Å². The first kappa shape index (κ1) is 15.1. The van der Waals surface area contributed by atoms with Gasteiger partial charge in [0.1, 0.15) is 5.75 Å². The standard InChI is InChI=1S/C17H18O4/c1-2-20-17(19)16(14-8-10-15(18)11-9-14)21-12-13-6-4-3-5-7-13/h3-11,16,18H,2,12H2,1H3. The Balaban J connectivity index is 2.12. The topological polar surface area (TPSA) is 55.8 Å². The SMILES string of the molecule is CCOC(=O)C(OCc1ccccc1)c1ccc(O)cc1. The molecule has 0 fully saturated rings. The lowest BCUT2D eigenvalue weighted by atomic mass is 10.1. The minimum Gasteiger partial charge on any atom is -0.508 e. The second kappa shape index (κ2) is 7.45. The number of carbonyl (C=O) groups is 1. The van der Waals surface area contributed by atoms with E-state index in [2.05, 4.69) is 0 Å². The third-order valence-electron chi connectivity index (χ3n) is 2.96.